The number of sulfonamides is 1. The van der Waals surface area contributed by atoms with Gasteiger partial charge in [-0.2, -0.15) is 4.31 Å². The van der Waals surface area contributed by atoms with Crippen LogP contribution in [0, 0.1) is 5.82 Å². The van der Waals surface area contributed by atoms with Crippen LogP contribution < -0.4 is 0 Å². The van der Waals surface area contributed by atoms with Crippen molar-refractivity contribution in [3.05, 3.63) is 52.0 Å². The Balaban J connectivity index is 1.74. The van der Waals surface area contributed by atoms with Gasteiger partial charge in [0.2, 0.25) is 10.0 Å². The zero-order chi connectivity index (χ0) is 18.7. The van der Waals surface area contributed by atoms with Crippen LogP contribution >= 0.6 is 11.3 Å². The van der Waals surface area contributed by atoms with Crippen LogP contribution in [0.5, 0.6) is 0 Å². The number of nitrogens with zero attached hydrogens (tertiary/aromatic N) is 2. The summed E-state index contributed by atoms with van der Waals surface area (Å²) in [6.07, 6.45) is 1.36. The average Bonchev–Trinajstić information content (AvgIpc) is 2.96. The molecule has 0 spiro atoms. The van der Waals surface area contributed by atoms with Crippen molar-refractivity contribution in [2.45, 2.75) is 24.7 Å². The van der Waals surface area contributed by atoms with Gasteiger partial charge in [-0.3, -0.25) is 4.79 Å². The molecule has 1 aromatic heterocycles. The van der Waals surface area contributed by atoms with Gasteiger partial charge in [-0.05, 0) is 54.1 Å². The minimum Gasteiger partial charge on any atom is -0.337 e. The molecule has 2 heterocycles. The third-order valence-corrected chi connectivity index (χ3v) is 7.37. The summed E-state index contributed by atoms with van der Waals surface area (Å²) in [5, 5.41) is 1.91. The lowest BCUT2D eigenvalue weighted by Crippen LogP contribution is -2.37. The number of hydrogen-bond acceptors (Lipinski definition) is 4. The van der Waals surface area contributed by atoms with Gasteiger partial charge in [0.15, 0.2) is 0 Å². The van der Waals surface area contributed by atoms with Crippen molar-refractivity contribution in [1.29, 1.82) is 0 Å². The molecular formula is C18H21FN2O3S2. The summed E-state index contributed by atoms with van der Waals surface area (Å²) in [5.41, 5.74) is 1.03. The molecule has 0 unspecified atom stereocenters. The Morgan fingerprint density at radius 1 is 1.12 bits per heavy atom. The minimum atomic E-state index is -3.69. The van der Waals surface area contributed by atoms with E-state index >= 15 is 0 Å². The van der Waals surface area contributed by atoms with Crippen LogP contribution in [-0.4, -0.2) is 49.7 Å². The molecule has 5 nitrogen and oxygen atoms in total. The van der Waals surface area contributed by atoms with Crippen LogP contribution in [-0.2, 0) is 16.4 Å². The van der Waals surface area contributed by atoms with Crippen LogP contribution in [0.2, 0.25) is 0 Å². The maximum absolute atomic E-state index is 13.1. The molecule has 8 heteroatoms. The molecule has 0 bridgehead atoms. The molecule has 0 aliphatic carbocycles. The molecule has 0 atom stereocenters. The summed E-state index contributed by atoms with van der Waals surface area (Å²) in [5.74, 6) is -0.503. The fourth-order valence-corrected chi connectivity index (χ4v) is 5.47. The van der Waals surface area contributed by atoms with E-state index in [9.17, 15) is 17.6 Å². The van der Waals surface area contributed by atoms with Gasteiger partial charge in [0.05, 0.1) is 9.77 Å². The smallest absolute Gasteiger partial charge is 0.264 e. The standard InChI is InChI=1S/C18H21FN2O3S2/c1-2-14-8-13-25-17(14)18(22)20-9-3-10-21(12-11-20)26(23,24)16-6-4-15(19)5-7-16/h4-8,13H,2-3,9-12H2,1H3. The van der Waals surface area contributed by atoms with Gasteiger partial charge >= 0.3 is 0 Å². The molecule has 1 aliphatic heterocycles. The molecule has 1 saturated heterocycles. The molecule has 3 rings (SSSR count). The Morgan fingerprint density at radius 3 is 2.54 bits per heavy atom. The molecule has 1 fully saturated rings. The van der Waals surface area contributed by atoms with E-state index in [1.165, 1.54) is 27.8 Å². The Labute approximate surface area is 157 Å². The Kier molecular flexibility index (Phi) is 5.74. The van der Waals surface area contributed by atoms with Gasteiger partial charge in [-0.15, -0.1) is 11.3 Å². The summed E-state index contributed by atoms with van der Waals surface area (Å²) in [4.78, 5) is 15.3. The molecule has 1 aromatic carbocycles. The molecule has 1 amide bonds. The number of benzene rings is 1. The number of amides is 1. The molecule has 1 aliphatic rings. The first-order valence-electron chi connectivity index (χ1n) is 8.55. The highest BCUT2D eigenvalue weighted by Gasteiger charge is 2.29. The van der Waals surface area contributed by atoms with Crippen molar-refractivity contribution in [2.24, 2.45) is 0 Å². The molecule has 0 N–H and O–H groups in total. The largest absolute Gasteiger partial charge is 0.337 e. The minimum absolute atomic E-state index is 0.0297. The van der Waals surface area contributed by atoms with Crippen molar-refractivity contribution in [3.8, 4) is 0 Å². The van der Waals surface area contributed by atoms with Crippen LogP contribution in [0.25, 0.3) is 0 Å². The summed E-state index contributed by atoms with van der Waals surface area (Å²) < 4.78 is 40.0. The van der Waals surface area contributed by atoms with E-state index in [-0.39, 0.29) is 17.3 Å². The Hall–Kier alpha value is -1.77. The number of thiophene rings is 1. The first-order chi connectivity index (χ1) is 12.4. The fourth-order valence-electron chi connectivity index (χ4n) is 3.04. The predicted octanol–water partition coefficient (Wildman–Crippen LogP) is 2.99. The summed E-state index contributed by atoms with van der Waals surface area (Å²) >= 11 is 1.43. The van der Waals surface area contributed by atoms with E-state index in [1.54, 1.807) is 4.90 Å². The lowest BCUT2D eigenvalue weighted by atomic mass is 10.2. The maximum Gasteiger partial charge on any atom is 0.264 e. The van der Waals surface area contributed by atoms with Crippen molar-refractivity contribution in [2.75, 3.05) is 26.2 Å². The van der Waals surface area contributed by atoms with Crippen LogP contribution in [0.4, 0.5) is 4.39 Å². The third kappa shape index (κ3) is 3.82. The third-order valence-electron chi connectivity index (χ3n) is 4.52. The lowest BCUT2D eigenvalue weighted by Gasteiger charge is -2.22. The number of carbonyl (C=O) groups is 1. The first kappa shape index (κ1) is 19.0. The molecule has 140 valence electrons. The van der Waals surface area contributed by atoms with E-state index in [1.807, 2.05) is 18.4 Å². The highest BCUT2D eigenvalue weighted by atomic mass is 32.2. The number of hydrogen-bond donors (Lipinski definition) is 0. The average molecular weight is 397 g/mol. The number of rotatable bonds is 4. The van der Waals surface area contributed by atoms with Crippen LogP contribution in [0.1, 0.15) is 28.6 Å². The monoisotopic (exact) mass is 396 g/mol. The Bertz CT molecular complexity index is 878. The summed E-state index contributed by atoms with van der Waals surface area (Å²) in [6.45, 7) is 3.46. The molecule has 0 radical (unpaired) electrons. The van der Waals surface area contributed by atoms with Crippen molar-refractivity contribution >= 4 is 27.3 Å². The van der Waals surface area contributed by atoms with E-state index in [4.69, 9.17) is 0 Å². The SMILES string of the molecule is CCc1ccsc1C(=O)N1CCCN(S(=O)(=O)c2ccc(F)cc2)CC1. The highest BCUT2D eigenvalue weighted by molar-refractivity contribution is 7.89. The van der Waals surface area contributed by atoms with Gasteiger partial charge in [-0.25, -0.2) is 12.8 Å². The normalized spacial score (nSPS) is 16.5. The second kappa shape index (κ2) is 7.85. The van der Waals surface area contributed by atoms with Crippen molar-refractivity contribution in [1.82, 2.24) is 9.21 Å². The number of carbonyl (C=O) groups excluding carboxylic acids is 1. The molecule has 2 aromatic rings. The predicted molar refractivity (Wildman–Crippen MR) is 99.4 cm³/mol. The summed E-state index contributed by atoms with van der Waals surface area (Å²) in [7, 11) is -3.69. The first-order valence-corrected chi connectivity index (χ1v) is 10.9. The van der Waals surface area contributed by atoms with E-state index < -0.39 is 15.8 Å². The maximum atomic E-state index is 13.1. The molecule has 0 saturated carbocycles. The van der Waals surface area contributed by atoms with E-state index in [0.29, 0.717) is 26.1 Å². The van der Waals surface area contributed by atoms with Crippen molar-refractivity contribution in [3.63, 3.8) is 0 Å². The number of halogens is 1. The lowest BCUT2D eigenvalue weighted by molar-refractivity contribution is 0.0768. The number of aryl methyl sites for hydroxylation is 1. The molecular weight excluding hydrogens is 375 g/mol. The van der Waals surface area contributed by atoms with E-state index in [0.717, 1.165) is 29.0 Å². The zero-order valence-corrected chi connectivity index (χ0v) is 16.2. The van der Waals surface area contributed by atoms with Gasteiger partial charge in [0.25, 0.3) is 5.91 Å². The second-order valence-electron chi connectivity index (χ2n) is 6.13. The van der Waals surface area contributed by atoms with Gasteiger partial charge in [0, 0.05) is 26.2 Å². The van der Waals surface area contributed by atoms with Crippen LogP contribution in [0.3, 0.4) is 0 Å². The van der Waals surface area contributed by atoms with Gasteiger partial charge < -0.3 is 4.90 Å². The Morgan fingerprint density at radius 2 is 1.85 bits per heavy atom. The topological polar surface area (TPSA) is 57.7 Å². The van der Waals surface area contributed by atoms with Gasteiger partial charge in [0.1, 0.15) is 5.82 Å². The summed E-state index contributed by atoms with van der Waals surface area (Å²) in [6, 6.07) is 6.80. The van der Waals surface area contributed by atoms with Crippen molar-refractivity contribution < 1.29 is 17.6 Å². The quantitative estimate of drug-likeness (QED) is 0.798. The molecule has 26 heavy (non-hydrogen) atoms. The van der Waals surface area contributed by atoms with Crippen LogP contribution in [0.15, 0.2) is 40.6 Å². The fraction of sp³-hybridized carbons (Fsp3) is 0.389. The second-order valence-corrected chi connectivity index (χ2v) is 8.99. The zero-order valence-electron chi connectivity index (χ0n) is 14.5. The van der Waals surface area contributed by atoms with Gasteiger partial charge in [-0.1, -0.05) is 6.92 Å². The highest BCUT2D eigenvalue weighted by Crippen LogP contribution is 2.22. The van der Waals surface area contributed by atoms with E-state index in [2.05, 4.69) is 0 Å².